The second-order valence-corrected chi connectivity index (χ2v) is 4.23. The van der Waals surface area contributed by atoms with Crippen molar-refractivity contribution >= 4 is 29.3 Å². The summed E-state index contributed by atoms with van der Waals surface area (Å²) in [7, 11) is 0. The molecule has 2 aromatic carbocycles. The van der Waals surface area contributed by atoms with E-state index in [-0.39, 0.29) is 11.1 Å². The zero-order valence-corrected chi connectivity index (χ0v) is 10.6. The van der Waals surface area contributed by atoms with Gasteiger partial charge >= 0.3 is 0 Å². The van der Waals surface area contributed by atoms with Gasteiger partial charge in [-0.25, -0.2) is 0 Å². The highest BCUT2D eigenvalue weighted by Crippen LogP contribution is 2.14. The fraction of sp³-hybridized carbons (Fsp3) is 0. The molecule has 1 radical (unpaired) electrons. The molecule has 0 aliphatic rings. The van der Waals surface area contributed by atoms with E-state index in [1.807, 2.05) is 0 Å². The van der Waals surface area contributed by atoms with Crippen molar-refractivity contribution in [2.75, 3.05) is 0 Å². The number of rotatable bonds is 4. The van der Waals surface area contributed by atoms with E-state index in [1.54, 1.807) is 42.5 Å². The monoisotopic (exact) mass is 269 g/mol. The summed E-state index contributed by atoms with van der Waals surface area (Å²) in [6.07, 6.45) is 0. The third kappa shape index (κ3) is 2.74. The van der Waals surface area contributed by atoms with Gasteiger partial charge in [0.05, 0.1) is 0 Å². The van der Waals surface area contributed by atoms with Crippen LogP contribution in [0, 0.1) is 0 Å². The minimum absolute atomic E-state index is 0.0522. The van der Waals surface area contributed by atoms with Gasteiger partial charge in [-0.05, 0) is 18.7 Å². The Morgan fingerprint density at radius 3 is 1.79 bits per heavy atom. The first-order chi connectivity index (χ1) is 9.11. The van der Waals surface area contributed by atoms with Crippen LogP contribution >= 0.6 is 12.6 Å². The molecule has 19 heavy (non-hydrogen) atoms. The Hall–Kier alpha value is -2.33. The maximum Gasteiger partial charge on any atom is 0.250 e. The summed E-state index contributed by atoms with van der Waals surface area (Å²) >= 11 is 4.55. The minimum Gasteiger partial charge on any atom is -0.285 e. The van der Waals surface area contributed by atoms with Crippen molar-refractivity contribution in [1.29, 1.82) is 0 Å². The number of benzene rings is 2. The van der Waals surface area contributed by atoms with Crippen LogP contribution < -0.4 is 0 Å². The predicted octanol–water partition coefficient (Wildman–Crippen LogP) is 3.09. The van der Waals surface area contributed by atoms with Crippen molar-refractivity contribution in [3.63, 3.8) is 0 Å². The molecule has 0 heterocycles. The molecule has 0 spiro atoms. The molecule has 0 amide bonds. The quantitative estimate of drug-likeness (QED) is 0.633. The molecule has 2 rings (SSSR count). The lowest BCUT2D eigenvalue weighted by Gasteiger charge is -2.04. The Balaban J connectivity index is 2.41. The third-order valence-electron chi connectivity index (χ3n) is 2.63. The summed E-state index contributed by atoms with van der Waals surface area (Å²) in [5.41, 5.74) is 0.433. The van der Waals surface area contributed by atoms with E-state index >= 15 is 0 Å². The van der Waals surface area contributed by atoms with Crippen LogP contribution in [0.3, 0.4) is 0 Å². The van der Waals surface area contributed by atoms with Gasteiger partial charge in [0.25, 0.3) is 0 Å². The molecule has 0 saturated heterocycles. The topological polar surface area (TPSA) is 51.2 Å². The number of carbonyl (C=O) groups excluding carboxylic acids is 3. The zero-order valence-electron chi connectivity index (χ0n) is 9.83. The van der Waals surface area contributed by atoms with E-state index in [0.29, 0.717) is 5.56 Å². The number of hydrogen-bond donors (Lipinski definition) is 0. The van der Waals surface area contributed by atoms with Gasteiger partial charge in [0.2, 0.25) is 16.7 Å². The number of hydrogen-bond acceptors (Lipinski definition) is 3. The van der Waals surface area contributed by atoms with Gasteiger partial charge in [0.1, 0.15) is 0 Å². The van der Waals surface area contributed by atoms with E-state index in [1.165, 1.54) is 12.1 Å². The van der Waals surface area contributed by atoms with Crippen LogP contribution in [0.4, 0.5) is 0 Å². The van der Waals surface area contributed by atoms with Crippen molar-refractivity contribution in [3.8, 4) is 0 Å². The Kier molecular flexibility index (Phi) is 3.82. The molecule has 0 fully saturated rings. The largest absolute Gasteiger partial charge is 0.285 e. The first kappa shape index (κ1) is 13.1. The molecule has 0 bridgehead atoms. The Morgan fingerprint density at radius 2 is 1.21 bits per heavy atom. The Morgan fingerprint density at radius 1 is 0.684 bits per heavy atom. The molecule has 0 unspecified atom stereocenters. The standard InChI is InChI=1S/C15H9O3S/c16-13(10-6-2-1-3-7-10)14(17)11-8-4-5-9-12(11)15(18)19/h1-9H. The van der Waals surface area contributed by atoms with Gasteiger partial charge < -0.3 is 0 Å². The molecule has 93 valence electrons. The van der Waals surface area contributed by atoms with E-state index < -0.39 is 16.7 Å². The molecule has 0 aliphatic carbocycles. The summed E-state index contributed by atoms with van der Waals surface area (Å²) in [5.74, 6) is -1.37. The molecular formula is C15H9O3S. The van der Waals surface area contributed by atoms with Gasteiger partial charge in [0.15, 0.2) is 0 Å². The highest BCUT2D eigenvalue weighted by Gasteiger charge is 2.22. The SMILES string of the molecule is O=C(C(=O)c1ccccc1C(=O)[S])c1ccccc1. The van der Waals surface area contributed by atoms with Crippen molar-refractivity contribution in [2.24, 2.45) is 0 Å². The average Bonchev–Trinajstić information content (AvgIpc) is 2.46. The van der Waals surface area contributed by atoms with Crippen LogP contribution in [0.5, 0.6) is 0 Å². The highest BCUT2D eigenvalue weighted by molar-refractivity contribution is 7.97. The molecule has 0 atom stereocenters. The van der Waals surface area contributed by atoms with Gasteiger partial charge in [-0.15, -0.1) is 0 Å². The molecule has 3 nitrogen and oxygen atoms in total. The average molecular weight is 269 g/mol. The van der Waals surface area contributed by atoms with Gasteiger partial charge in [-0.3, -0.25) is 14.4 Å². The second-order valence-electron chi connectivity index (χ2n) is 3.86. The molecule has 0 aliphatic heterocycles. The normalized spacial score (nSPS) is 9.89. The van der Waals surface area contributed by atoms with Gasteiger partial charge in [0, 0.05) is 16.7 Å². The summed E-state index contributed by atoms with van der Waals surface area (Å²) in [6, 6.07) is 14.3. The Bertz CT molecular complexity index is 647. The van der Waals surface area contributed by atoms with Crippen molar-refractivity contribution in [1.82, 2.24) is 0 Å². The molecule has 4 heteroatoms. The predicted molar refractivity (Wildman–Crippen MR) is 73.5 cm³/mol. The highest BCUT2D eigenvalue weighted by atomic mass is 32.1. The van der Waals surface area contributed by atoms with Crippen LogP contribution in [0.1, 0.15) is 31.1 Å². The van der Waals surface area contributed by atoms with Crippen LogP contribution in [-0.2, 0) is 0 Å². The van der Waals surface area contributed by atoms with E-state index in [0.717, 1.165) is 0 Å². The van der Waals surface area contributed by atoms with Gasteiger partial charge in [-0.1, -0.05) is 48.5 Å². The lowest BCUT2D eigenvalue weighted by Crippen LogP contribution is -2.17. The summed E-state index contributed by atoms with van der Waals surface area (Å²) < 4.78 is 0. The maximum absolute atomic E-state index is 12.1. The Labute approximate surface area is 115 Å². The molecule has 0 saturated carbocycles. The first-order valence-electron chi connectivity index (χ1n) is 5.55. The van der Waals surface area contributed by atoms with Crippen LogP contribution in [0.2, 0.25) is 0 Å². The second kappa shape index (κ2) is 5.54. The van der Waals surface area contributed by atoms with Gasteiger partial charge in [-0.2, -0.15) is 0 Å². The minimum atomic E-state index is -0.722. The maximum atomic E-state index is 12.1. The van der Waals surface area contributed by atoms with E-state index in [4.69, 9.17) is 0 Å². The van der Waals surface area contributed by atoms with Crippen LogP contribution in [-0.4, -0.2) is 16.7 Å². The molecular weight excluding hydrogens is 260 g/mol. The van der Waals surface area contributed by atoms with E-state index in [9.17, 15) is 14.4 Å². The molecule has 0 aromatic heterocycles. The summed E-state index contributed by atoms with van der Waals surface area (Å²) in [6.45, 7) is 0. The lowest BCUT2D eigenvalue weighted by atomic mass is 9.98. The number of ketones is 2. The number of Topliss-reactive ketones (excluding diaryl/α,β-unsaturated/α-hetero) is 2. The zero-order chi connectivity index (χ0) is 13.8. The molecule has 0 N–H and O–H groups in total. The fourth-order valence-electron chi connectivity index (χ4n) is 1.70. The number of carbonyl (C=O) groups is 3. The summed E-state index contributed by atoms with van der Waals surface area (Å²) in [4.78, 5) is 35.4. The summed E-state index contributed by atoms with van der Waals surface area (Å²) in [5, 5.41) is -0.648. The van der Waals surface area contributed by atoms with Crippen molar-refractivity contribution < 1.29 is 14.4 Å². The lowest BCUT2D eigenvalue weighted by molar-refractivity contribution is 0.0815. The first-order valence-corrected chi connectivity index (χ1v) is 5.96. The fourth-order valence-corrected chi connectivity index (χ4v) is 1.88. The van der Waals surface area contributed by atoms with Crippen LogP contribution in [0.15, 0.2) is 54.6 Å². The third-order valence-corrected chi connectivity index (χ3v) is 2.85. The van der Waals surface area contributed by atoms with Crippen molar-refractivity contribution in [3.05, 3.63) is 71.3 Å². The molecule has 2 aromatic rings. The smallest absolute Gasteiger partial charge is 0.250 e. The van der Waals surface area contributed by atoms with Crippen LogP contribution in [0.25, 0.3) is 0 Å². The van der Waals surface area contributed by atoms with Crippen molar-refractivity contribution in [2.45, 2.75) is 0 Å². The van der Waals surface area contributed by atoms with E-state index in [2.05, 4.69) is 12.6 Å².